The molecule has 0 saturated heterocycles. The molecule has 0 aromatic carbocycles. The molecule has 15 atom stereocenters. The molecule has 0 bridgehead atoms. The van der Waals surface area contributed by atoms with Crippen LogP contribution in [0.4, 0.5) is 0 Å². The van der Waals surface area contributed by atoms with E-state index in [1.165, 1.54) is 77.7 Å². The van der Waals surface area contributed by atoms with Crippen LogP contribution in [0.3, 0.4) is 0 Å². The maximum absolute atomic E-state index is 11.9. The summed E-state index contributed by atoms with van der Waals surface area (Å²) in [6.45, 7) is 20.7. The first kappa shape index (κ1) is 30.9. The van der Waals surface area contributed by atoms with Gasteiger partial charge in [0.25, 0.3) is 0 Å². The van der Waals surface area contributed by atoms with Gasteiger partial charge >= 0.3 is 5.97 Å². The number of hydrogen-bond donors (Lipinski definition) is 0. The van der Waals surface area contributed by atoms with Crippen LogP contribution < -0.4 is 0 Å². The van der Waals surface area contributed by atoms with Crippen LogP contribution in [0.5, 0.6) is 0 Å². The highest BCUT2D eigenvalue weighted by molar-refractivity contribution is 5.69. The van der Waals surface area contributed by atoms with E-state index in [0.717, 1.165) is 77.4 Å². The zero-order valence-electron chi connectivity index (χ0n) is 28.0. The predicted octanol–water partition coefficient (Wildman–Crippen LogP) is 10.4. The first-order valence-electron chi connectivity index (χ1n) is 18.0. The third-order valence-electron chi connectivity index (χ3n) is 15.7. The van der Waals surface area contributed by atoms with Gasteiger partial charge in [-0.05, 0) is 158 Å². The fourth-order valence-electron chi connectivity index (χ4n) is 12.8. The van der Waals surface area contributed by atoms with Gasteiger partial charge in [-0.3, -0.25) is 4.79 Å². The number of esters is 1. The molecule has 0 aliphatic heterocycles. The molecule has 230 valence electrons. The number of fused-ring (bicyclic) bond motifs is 5. The smallest absolute Gasteiger partial charge is 0.305 e. The summed E-state index contributed by atoms with van der Waals surface area (Å²) in [6.07, 6.45) is 17.8. The Bertz CT molecular complexity index is 881. The molecular weight excluding hydrogens is 488 g/mol. The van der Waals surface area contributed by atoms with Gasteiger partial charge in [-0.15, -0.1) is 0 Å². The van der Waals surface area contributed by atoms with Crippen LogP contribution in [-0.2, 0) is 9.53 Å². The van der Waals surface area contributed by atoms with Crippen molar-refractivity contribution in [3.8, 4) is 0 Å². The van der Waals surface area contributed by atoms with Crippen molar-refractivity contribution in [3.05, 3.63) is 0 Å². The highest BCUT2D eigenvalue weighted by Gasteiger charge is 2.64. The zero-order chi connectivity index (χ0) is 29.0. The summed E-state index contributed by atoms with van der Waals surface area (Å²) >= 11 is 0. The number of rotatable bonds is 8. The van der Waals surface area contributed by atoms with Crippen molar-refractivity contribution >= 4 is 5.97 Å². The summed E-state index contributed by atoms with van der Waals surface area (Å²) in [5, 5.41) is 0. The van der Waals surface area contributed by atoms with E-state index in [-0.39, 0.29) is 5.97 Å². The van der Waals surface area contributed by atoms with Crippen molar-refractivity contribution in [2.75, 3.05) is 7.11 Å². The minimum atomic E-state index is -0.0310. The van der Waals surface area contributed by atoms with Gasteiger partial charge in [0.1, 0.15) is 0 Å². The molecular formula is C38H66O2. The fraction of sp³-hybridized carbons (Fsp3) is 0.974. The molecule has 0 N–H and O–H groups in total. The topological polar surface area (TPSA) is 26.3 Å². The van der Waals surface area contributed by atoms with Crippen molar-refractivity contribution in [2.45, 2.75) is 139 Å². The first-order valence-corrected chi connectivity index (χ1v) is 18.0. The van der Waals surface area contributed by atoms with Gasteiger partial charge in [-0.2, -0.15) is 0 Å². The van der Waals surface area contributed by atoms with Crippen LogP contribution >= 0.6 is 0 Å². The van der Waals surface area contributed by atoms with Crippen LogP contribution in [0.2, 0.25) is 0 Å². The first-order chi connectivity index (χ1) is 18.9. The van der Waals surface area contributed by atoms with E-state index in [1.54, 1.807) is 0 Å². The van der Waals surface area contributed by atoms with Crippen LogP contribution in [0, 0.1) is 87.8 Å². The Hall–Kier alpha value is -0.530. The maximum atomic E-state index is 11.9. The van der Waals surface area contributed by atoms with Gasteiger partial charge in [0.05, 0.1) is 7.11 Å². The Kier molecular flexibility index (Phi) is 9.17. The van der Waals surface area contributed by atoms with E-state index in [9.17, 15) is 4.79 Å². The third-order valence-corrected chi connectivity index (χ3v) is 15.7. The van der Waals surface area contributed by atoms with Crippen molar-refractivity contribution in [1.82, 2.24) is 0 Å². The van der Waals surface area contributed by atoms with Gasteiger partial charge in [0.2, 0.25) is 0 Å². The second-order valence-electron chi connectivity index (χ2n) is 17.2. The largest absolute Gasteiger partial charge is 0.469 e. The maximum Gasteiger partial charge on any atom is 0.305 e. The highest BCUT2D eigenvalue weighted by atomic mass is 16.5. The summed E-state index contributed by atoms with van der Waals surface area (Å²) in [5.74, 6) is 11.6. The SMILES string of the molecule is CCC(C)C1CC(C)C(CC2CCC3(C)C(C2)CC(C)C2C3CC(C)C3(C)C(C(C)CCC(=O)OC)CCC23)C1. The molecule has 5 rings (SSSR count). The fourth-order valence-corrected chi connectivity index (χ4v) is 12.8. The number of carbonyl (C=O) groups is 1. The van der Waals surface area contributed by atoms with Crippen LogP contribution in [0.1, 0.15) is 139 Å². The Balaban J connectivity index is 1.27. The minimum Gasteiger partial charge on any atom is -0.469 e. The van der Waals surface area contributed by atoms with Gasteiger partial charge < -0.3 is 4.74 Å². The molecule has 40 heavy (non-hydrogen) atoms. The normalized spacial score (nSPS) is 50.0. The summed E-state index contributed by atoms with van der Waals surface area (Å²) in [7, 11) is 1.54. The lowest BCUT2D eigenvalue weighted by molar-refractivity contribution is -0.164. The molecule has 0 radical (unpaired) electrons. The lowest BCUT2D eigenvalue weighted by atomic mass is 9.40. The number of hydrogen-bond acceptors (Lipinski definition) is 2. The Morgan fingerprint density at radius 1 is 0.900 bits per heavy atom. The average molecular weight is 555 g/mol. The summed E-state index contributed by atoms with van der Waals surface area (Å²) in [6, 6.07) is 0. The Morgan fingerprint density at radius 3 is 2.35 bits per heavy atom. The van der Waals surface area contributed by atoms with Crippen LogP contribution in [0.15, 0.2) is 0 Å². The quantitative estimate of drug-likeness (QED) is 0.279. The van der Waals surface area contributed by atoms with E-state index in [2.05, 4.69) is 55.4 Å². The van der Waals surface area contributed by atoms with E-state index < -0.39 is 0 Å². The third kappa shape index (κ3) is 5.25. The van der Waals surface area contributed by atoms with Crippen molar-refractivity contribution in [2.24, 2.45) is 87.8 Å². The molecule has 5 aliphatic rings. The molecule has 2 heteroatoms. The number of ether oxygens (including phenoxy) is 1. The Labute approximate surface area is 248 Å². The van der Waals surface area contributed by atoms with Crippen LogP contribution in [-0.4, -0.2) is 13.1 Å². The predicted molar refractivity (Wildman–Crippen MR) is 168 cm³/mol. The lowest BCUT2D eigenvalue weighted by Crippen LogP contribution is -2.58. The van der Waals surface area contributed by atoms with Crippen molar-refractivity contribution < 1.29 is 9.53 Å². The second kappa shape index (κ2) is 11.9. The molecule has 0 heterocycles. The molecule has 5 fully saturated rings. The monoisotopic (exact) mass is 555 g/mol. The zero-order valence-corrected chi connectivity index (χ0v) is 28.0. The summed E-state index contributed by atoms with van der Waals surface area (Å²) < 4.78 is 4.99. The lowest BCUT2D eigenvalue weighted by Gasteiger charge is -2.65. The minimum absolute atomic E-state index is 0.0310. The summed E-state index contributed by atoms with van der Waals surface area (Å²) in [4.78, 5) is 11.9. The molecule has 0 aromatic heterocycles. The molecule has 0 aromatic rings. The van der Waals surface area contributed by atoms with Gasteiger partial charge in [0.15, 0.2) is 0 Å². The molecule has 2 nitrogen and oxygen atoms in total. The average Bonchev–Trinajstić information content (AvgIpc) is 3.48. The highest BCUT2D eigenvalue weighted by Crippen LogP contribution is 2.71. The van der Waals surface area contributed by atoms with E-state index >= 15 is 0 Å². The standard InChI is InChI=1S/C38H66O2/c1-10-23(2)29-17-25(4)30(22-29)20-28-15-16-37(7)31(21-28)18-26(5)36-33-13-12-32(24(3)11-14-35(39)40-9)38(33,8)27(6)19-34(36)37/h23-34,36H,10-22H2,1-9H3. The summed E-state index contributed by atoms with van der Waals surface area (Å²) in [5.41, 5.74) is 1.01. The van der Waals surface area contributed by atoms with E-state index in [1.807, 2.05) is 0 Å². The van der Waals surface area contributed by atoms with E-state index in [4.69, 9.17) is 4.74 Å². The number of carbonyl (C=O) groups excluding carboxylic acids is 1. The van der Waals surface area contributed by atoms with Crippen LogP contribution in [0.25, 0.3) is 0 Å². The molecule has 5 aliphatic carbocycles. The van der Waals surface area contributed by atoms with Crippen molar-refractivity contribution in [1.29, 1.82) is 0 Å². The molecule has 15 unspecified atom stereocenters. The molecule has 5 saturated carbocycles. The molecule has 0 spiro atoms. The van der Waals surface area contributed by atoms with Gasteiger partial charge in [0, 0.05) is 6.42 Å². The van der Waals surface area contributed by atoms with E-state index in [0.29, 0.717) is 23.2 Å². The molecule has 0 amide bonds. The van der Waals surface area contributed by atoms with Crippen molar-refractivity contribution in [3.63, 3.8) is 0 Å². The van der Waals surface area contributed by atoms with Gasteiger partial charge in [-0.1, -0.05) is 61.8 Å². The second-order valence-corrected chi connectivity index (χ2v) is 17.2. The van der Waals surface area contributed by atoms with Gasteiger partial charge in [-0.25, -0.2) is 0 Å². The Morgan fingerprint density at radius 2 is 1.65 bits per heavy atom. The number of methoxy groups -OCH3 is 1.